The number of fused-ring (bicyclic) bond motifs is 1. The summed E-state index contributed by atoms with van der Waals surface area (Å²) in [4.78, 5) is 16.3. The largest absolute Gasteiger partial charge is 0.573 e. The van der Waals surface area contributed by atoms with Crippen LogP contribution in [0.1, 0.15) is 0 Å². The van der Waals surface area contributed by atoms with Crippen LogP contribution in [0.15, 0.2) is 61.3 Å². The maximum absolute atomic E-state index is 12.2. The number of ether oxygens (including phenoxy) is 1. The molecule has 11 heteroatoms. The van der Waals surface area contributed by atoms with E-state index in [4.69, 9.17) is 0 Å². The zero-order valence-corrected chi connectivity index (χ0v) is 14.7. The first-order chi connectivity index (χ1) is 13.9. The van der Waals surface area contributed by atoms with Gasteiger partial charge >= 0.3 is 6.36 Å². The van der Waals surface area contributed by atoms with Gasteiger partial charge in [-0.1, -0.05) is 0 Å². The van der Waals surface area contributed by atoms with Crippen LogP contribution in [-0.4, -0.2) is 36.6 Å². The summed E-state index contributed by atoms with van der Waals surface area (Å²) < 4.78 is 43.4. The second-order valence-corrected chi connectivity index (χ2v) is 6.03. The predicted molar refractivity (Wildman–Crippen MR) is 96.0 cm³/mol. The Morgan fingerprint density at radius 3 is 2.66 bits per heavy atom. The zero-order chi connectivity index (χ0) is 20.4. The van der Waals surface area contributed by atoms with E-state index in [1.165, 1.54) is 23.1 Å². The van der Waals surface area contributed by atoms with Crippen molar-refractivity contribution in [2.45, 2.75) is 12.9 Å². The highest BCUT2D eigenvalue weighted by atomic mass is 19.4. The molecule has 1 N–H and O–H groups in total. The molecular formula is C18H13F3N6O2. The number of carbonyl (C=O) groups excluding carboxylic acids is 1. The molecule has 0 radical (unpaired) electrons. The van der Waals surface area contributed by atoms with Crippen LogP contribution in [0.2, 0.25) is 0 Å². The number of hydrogen-bond acceptors (Lipinski definition) is 5. The van der Waals surface area contributed by atoms with Gasteiger partial charge in [0.05, 0.1) is 6.20 Å². The van der Waals surface area contributed by atoms with E-state index in [1.807, 2.05) is 12.1 Å². The topological polar surface area (TPSA) is 86.3 Å². The van der Waals surface area contributed by atoms with E-state index < -0.39 is 6.36 Å². The van der Waals surface area contributed by atoms with E-state index in [1.54, 1.807) is 23.1 Å². The smallest absolute Gasteiger partial charge is 0.406 e. The van der Waals surface area contributed by atoms with Gasteiger partial charge in [0.2, 0.25) is 5.91 Å². The van der Waals surface area contributed by atoms with Gasteiger partial charge < -0.3 is 10.1 Å². The number of anilines is 1. The molecule has 0 aliphatic heterocycles. The molecule has 4 aromatic rings. The maximum atomic E-state index is 12.2. The Labute approximate surface area is 161 Å². The summed E-state index contributed by atoms with van der Waals surface area (Å²) in [6.07, 6.45) is 1.80. The SMILES string of the molecule is O=C(Cn1cc(-c2ccn3ncnc3c2)cn1)Nc1ccc(OC(F)(F)F)cc1. The number of benzene rings is 1. The number of pyridine rings is 1. The molecule has 29 heavy (non-hydrogen) atoms. The summed E-state index contributed by atoms with van der Waals surface area (Å²) in [5, 5.41) is 10.8. The number of alkyl halides is 3. The summed E-state index contributed by atoms with van der Waals surface area (Å²) in [5.41, 5.74) is 2.70. The number of halogens is 3. The van der Waals surface area contributed by atoms with E-state index in [0.717, 1.165) is 23.3 Å². The van der Waals surface area contributed by atoms with Crippen LogP contribution in [0.3, 0.4) is 0 Å². The Balaban J connectivity index is 1.39. The van der Waals surface area contributed by atoms with Gasteiger partial charge in [-0.15, -0.1) is 13.2 Å². The van der Waals surface area contributed by atoms with Gasteiger partial charge in [-0.2, -0.15) is 10.2 Å². The fourth-order valence-corrected chi connectivity index (χ4v) is 2.68. The number of carbonyl (C=O) groups is 1. The summed E-state index contributed by atoms with van der Waals surface area (Å²) in [6.45, 7) is -0.0615. The van der Waals surface area contributed by atoms with E-state index >= 15 is 0 Å². The number of hydrogen-bond donors (Lipinski definition) is 1. The Kier molecular flexibility index (Phi) is 4.63. The van der Waals surface area contributed by atoms with Crippen molar-refractivity contribution in [2.24, 2.45) is 0 Å². The highest BCUT2D eigenvalue weighted by molar-refractivity contribution is 5.90. The molecule has 1 amide bonds. The number of amides is 1. The van der Waals surface area contributed by atoms with Crippen LogP contribution >= 0.6 is 0 Å². The van der Waals surface area contributed by atoms with Crippen LogP contribution in [0.4, 0.5) is 18.9 Å². The van der Waals surface area contributed by atoms with Crippen LogP contribution < -0.4 is 10.1 Å². The Morgan fingerprint density at radius 1 is 1.10 bits per heavy atom. The predicted octanol–water partition coefficient (Wildman–Crippen LogP) is 3.13. The Bertz CT molecular complexity index is 1150. The number of aromatic nitrogens is 5. The highest BCUT2D eigenvalue weighted by Gasteiger charge is 2.30. The molecule has 4 rings (SSSR count). The van der Waals surface area contributed by atoms with Gasteiger partial charge in [-0.05, 0) is 42.0 Å². The Hall–Kier alpha value is -3.89. The Morgan fingerprint density at radius 2 is 1.90 bits per heavy atom. The zero-order valence-electron chi connectivity index (χ0n) is 14.7. The van der Waals surface area contributed by atoms with Gasteiger partial charge in [0.15, 0.2) is 5.65 Å². The third-order valence-corrected chi connectivity index (χ3v) is 3.92. The average Bonchev–Trinajstić information content (AvgIpc) is 3.30. The van der Waals surface area contributed by atoms with E-state index in [9.17, 15) is 18.0 Å². The molecule has 1 aromatic carbocycles. The maximum Gasteiger partial charge on any atom is 0.573 e. The van der Waals surface area contributed by atoms with Crippen LogP contribution in [-0.2, 0) is 11.3 Å². The van der Waals surface area contributed by atoms with Crippen LogP contribution in [0.25, 0.3) is 16.8 Å². The minimum Gasteiger partial charge on any atom is -0.406 e. The number of nitrogens with zero attached hydrogens (tertiary/aromatic N) is 5. The molecule has 148 valence electrons. The lowest BCUT2D eigenvalue weighted by Crippen LogP contribution is -2.19. The van der Waals surface area contributed by atoms with Crippen LogP contribution in [0.5, 0.6) is 5.75 Å². The fraction of sp³-hybridized carbons (Fsp3) is 0.111. The molecule has 0 spiro atoms. The molecule has 0 aliphatic carbocycles. The van der Waals surface area contributed by atoms with Crippen molar-refractivity contribution in [3.05, 3.63) is 61.3 Å². The van der Waals surface area contributed by atoms with Crippen molar-refractivity contribution in [3.63, 3.8) is 0 Å². The van der Waals surface area contributed by atoms with Crippen molar-refractivity contribution in [3.8, 4) is 16.9 Å². The van der Waals surface area contributed by atoms with Crippen molar-refractivity contribution in [2.75, 3.05) is 5.32 Å². The highest BCUT2D eigenvalue weighted by Crippen LogP contribution is 2.24. The monoisotopic (exact) mass is 402 g/mol. The van der Waals surface area contributed by atoms with Crippen LogP contribution in [0, 0.1) is 0 Å². The molecule has 3 aromatic heterocycles. The molecule has 0 unspecified atom stereocenters. The number of rotatable bonds is 5. The molecule has 3 heterocycles. The first-order valence-corrected chi connectivity index (χ1v) is 8.34. The van der Waals surface area contributed by atoms with Crippen molar-refractivity contribution in [1.29, 1.82) is 0 Å². The van der Waals surface area contributed by atoms with Crippen molar-refractivity contribution in [1.82, 2.24) is 24.4 Å². The van der Waals surface area contributed by atoms with Crippen molar-refractivity contribution < 1.29 is 22.7 Å². The second-order valence-electron chi connectivity index (χ2n) is 6.03. The van der Waals surface area contributed by atoms with Gasteiger partial charge in [0.1, 0.15) is 18.6 Å². The van der Waals surface area contributed by atoms with E-state index in [-0.39, 0.29) is 18.2 Å². The molecule has 0 saturated carbocycles. The molecule has 0 bridgehead atoms. The summed E-state index contributed by atoms with van der Waals surface area (Å²) in [6, 6.07) is 8.58. The summed E-state index contributed by atoms with van der Waals surface area (Å²) in [7, 11) is 0. The quantitative estimate of drug-likeness (QED) is 0.554. The van der Waals surface area contributed by atoms with Gasteiger partial charge in [-0.3, -0.25) is 9.48 Å². The summed E-state index contributed by atoms with van der Waals surface area (Å²) in [5.74, 6) is -0.742. The minimum atomic E-state index is -4.76. The standard InChI is InChI=1S/C18H13F3N6O2/c19-18(20,21)29-15-3-1-14(2-4-15)25-17(28)10-26-9-13(8-23-26)12-5-6-27-16(7-12)22-11-24-27/h1-9,11H,10H2,(H,25,28). The lowest BCUT2D eigenvalue weighted by molar-refractivity contribution is -0.274. The molecule has 8 nitrogen and oxygen atoms in total. The third kappa shape index (κ3) is 4.51. The normalized spacial score (nSPS) is 11.6. The van der Waals surface area contributed by atoms with Gasteiger partial charge in [0, 0.05) is 23.6 Å². The lowest BCUT2D eigenvalue weighted by atomic mass is 10.1. The third-order valence-electron chi connectivity index (χ3n) is 3.92. The fourth-order valence-electron chi connectivity index (χ4n) is 2.68. The number of nitrogens with one attached hydrogen (secondary N) is 1. The first kappa shape index (κ1) is 18.5. The van der Waals surface area contributed by atoms with Crippen molar-refractivity contribution >= 4 is 17.2 Å². The van der Waals surface area contributed by atoms with Gasteiger partial charge in [-0.25, -0.2) is 9.50 Å². The molecular weight excluding hydrogens is 389 g/mol. The van der Waals surface area contributed by atoms with Gasteiger partial charge in [0.25, 0.3) is 0 Å². The molecule has 0 saturated heterocycles. The van der Waals surface area contributed by atoms with E-state index in [0.29, 0.717) is 11.3 Å². The van der Waals surface area contributed by atoms with E-state index in [2.05, 4.69) is 25.2 Å². The molecule has 0 atom stereocenters. The summed E-state index contributed by atoms with van der Waals surface area (Å²) >= 11 is 0. The minimum absolute atomic E-state index is 0.0615. The second kappa shape index (κ2) is 7.26. The molecule has 0 fully saturated rings. The molecule has 0 aliphatic rings. The first-order valence-electron chi connectivity index (χ1n) is 8.34. The lowest BCUT2D eigenvalue weighted by Gasteiger charge is -2.10. The average molecular weight is 402 g/mol.